The van der Waals surface area contributed by atoms with Crippen LogP contribution in [0.4, 0.5) is 0 Å². The van der Waals surface area contributed by atoms with Crippen LogP contribution in [0.15, 0.2) is 0 Å². The minimum Gasteiger partial charge on any atom is -0.469 e. The van der Waals surface area contributed by atoms with E-state index in [4.69, 9.17) is 14.2 Å². The van der Waals surface area contributed by atoms with Gasteiger partial charge in [-0.25, -0.2) is 0 Å². The van der Waals surface area contributed by atoms with Crippen LogP contribution in [0.5, 0.6) is 0 Å². The highest BCUT2D eigenvalue weighted by Gasteiger charge is 2.87. The van der Waals surface area contributed by atoms with Gasteiger partial charge >= 0.3 is 5.97 Å². The molecule has 0 amide bonds. The van der Waals surface area contributed by atoms with E-state index >= 15 is 0 Å². The molecule has 12 atom stereocenters. The summed E-state index contributed by atoms with van der Waals surface area (Å²) in [6, 6.07) is 0. The highest BCUT2D eigenvalue weighted by Crippen LogP contribution is 2.89. The second-order valence-corrected chi connectivity index (χ2v) is 16.1. The van der Waals surface area contributed by atoms with Crippen LogP contribution in [-0.4, -0.2) is 63.7 Å². The second kappa shape index (κ2) is 8.21. The van der Waals surface area contributed by atoms with Crippen molar-refractivity contribution in [2.45, 2.75) is 142 Å². The van der Waals surface area contributed by atoms with Gasteiger partial charge in [0.2, 0.25) is 0 Å². The van der Waals surface area contributed by atoms with Gasteiger partial charge < -0.3 is 29.5 Å². The maximum atomic E-state index is 12.5. The van der Waals surface area contributed by atoms with Gasteiger partial charge in [-0.1, -0.05) is 20.8 Å². The lowest BCUT2D eigenvalue weighted by molar-refractivity contribution is -0.282. The molecule has 0 aromatic heterocycles. The average molecular weight is 549 g/mol. The molecular formula is C32H52O7. The van der Waals surface area contributed by atoms with Gasteiger partial charge in [0.05, 0.1) is 24.4 Å². The van der Waals surface area contributed by atoms with E-state index in [0.29, 0.717) is 12.3 Å². The molecule has 6 aliphatic rings. The molecule has 2 aliphatic heterocycles. The van der Waals surface area contributed by atoms with Crippen LogP contribution < -0.4 is 0 Å². The first-order chi connectivity index (χ1) is 17.9. The van der Waals surface area contributed by atoms with E-state index in [0.717, 1.165) is 51.4 Å². The number of hydrogen-bond acceptors (Lipinski definition) is 7. The number of fused-ring (bicyclic) bond motifs is 4. The van der Waals surface area contributed by atoms with Crippen molar-refractivity contribution in [3.05, 3.63) is 0 Å². The molecule has 222 valence electrons. The van der Waals surface area contributed by atoms with E-state index in [9.17, 15) is 20.1 Å². The van der Waals surface area contributed by atoms with Crippen LogP contribution in [0.1, 0.15) is 106 Å². The summed E-state index contributed by atoms with van der Waals surface area (Å²) in [5.74, 6) is -0.486. The molecule has 39 heavy (non-hydrogen) atoms. The normalized spacial score (nSPS) is 53.9. The van der Waals surface area contributed by atoms with Gasteiger partial charge in [-0.3, -0.25) is 4.79 Å². The fourth-order valence-electron chi connectivity index (χ4n) is 12.3. The maximum absolute atomic E-state index is 12.5. The Morgan fingerprint density at radius 2 is 1.74 bits per heavy atom. The van der Waals surface area contributed by atoms with Gasteiger partial charge in [0, 0.05) is 17.8 Å². The zero-order valence-corrected chi connectivity index (χ0v) is 25.4. The Hall–Kier alpha value is -0.730. The molecule has 2 spiro atoms. The minimum absolute atomic E-state index is 0.0301. The molecule has 2 bridgehead atoms. The molecule has 0 aromatic carbocycles. The molecular weight excluding hydrogens is 496 g/mol. The topological polar surface area (TPSA) is 105 Å². The zero-order chi connectivity index (χ0) is 28.6. The Labute approximate surface area is 234 Å². The molecule has 2 heterocycles. The lowest BCUT2D eigenvalue weighted by Crippen LogP contribution is -2.59. The Morgan fingerprint density at radius 1 is 1.05 bits per heavy atom. The summed E-state index contributed by atoms with van der Waals surface area (Å²) in [5.41, 5.74) is -2.48. The monoisotopic (exact) mass is 548 g/mol. The van der Waals surface area contributed by atoms with Crippen molar-refractivity contribution in [1.82, 2.24) is 0 Å². The third kappa shape index (κ3) is 3.31. The Bertz CT molecular complexity index is 1030. The molecule has 3 N–H and O–H groups in total. The van der Waals surface area contributed by atoms with Crippen molar-refractivity contribution in [3.8, 4) is 0 Å². The number of aliphatic hydroxyl groups excluding tert-OH is 1. The van der Waals surface area contributed by atoms with E-state index in [2.05, 4.69) is 20.8 Å². The molecule has 2 saturated heterocycles. The third-order valence-electron chi connectivity index (χ3n) is 13.6. The highest BCUT2D eigenvalue weighted by atomic mass is 16.8. The predicted molar refractivity (Wildman–Crippen MR) is 145 cm³/mol. The number of esters is 1. The molecule has 0 radical (unpaired) electrons. The van der Waals surface area contributed by atoms with Crippen LogP contribution in [0.2, 0.25) is 0 Å². The fourth-order valence-corrected chi connectivity index (χ4v) is 12.3. The molecule has 6 rings (SSSR count). The predicted octanol–water partition coefficient (Wildman–Crippen LogP) is 4.59. The van der Waals surface area contributed by atoms with Gasteiger partial charge in [-0.15, -0.1) is 0 Å². The van der Waals surface area contributed by atoms with Crippen molar-refractivity contribution in [2.75, 3.05) is 7.11 Å². The van der Waals surface area contributed by atoms with Crippen LogP contribution >= 0.6 is 0 Å². The number of methoxy groups -OCH3 is 1. The molecule has 4 aliphatic carbocycles. The fraction of sp³-hybridized carbons (Fsp3) is 0.969. The van der Waals surface area contributed by atoms with Crippen molar-refractivity contribution >= 4 is 5.97 Å². The number of carbonyl (C=O) groups is 1. The Balaban J connectivity index is 1.40. The Morgan fingerprint density at radius 3 is 2.36 bits per heavy atom. The molecule has 7 heteroatoms. The van der Waals surface area contributed by atoms with Crippen LogP contribution in [-0.2, 0) is 19.0 Å². The van der Waals surface area contributed by atoms with Crippen LogP contribution in [0.25, 0.3) is 0 Å². The van der Waals surface area contributed by atoms with E-state index in [1.807, 2.05) is 13.8 Å². The SMILES string of the molecule is COC(=O)CCC[C@]12C[C@]13CC[C@]1(C)[C@H]4[C@H](C)C[C@H]5O[C@@]4(O[C@@H]5C(C)(C)O)[C@H](O)[C@@]1(C)C3CCC2C(C)(C)O. The largest absolute Gasteiger partial charge is 0.469 e. The molecule has 7 nitrogen and oxygen atoms in total. The van der Waals surface area contributed by atoms with Crippen molar-refractivity contribution < 1.29 is 34.3 Å². The molecule has 6 fully saturated rings. The summed E-state index contributed by atoms with van der Waals surface area (Å²) >= 11 is 0. The number of hydrogen-bond donors (Lipinski definition) is 3. The zero-order valence-electron chi connectivity index (χ0n) is 25.4. The first kappa shape index (κ1) is 28.4. The molecule has 0 aromatic rings. The summed E-state index contributed by atoms with van der Waals surface area (Å²) in [5, 5.41) is 34.9. The standard InChI is InChI=1S/C32H52O7/c1-18-16-19-24(27(4,5)36)39-32(38-19)23(18)28(6)14-15-31-17-30(31,13-9-10-22(33)37-8)20(26(2,3)35)11-12-21(31)29(28,7)25(32)34/h18-21,23-25,34-36H,9-17H2,1-8H3/t18-,19-,20?,21?,23-,24+,25-,28-,29-,30-,31+,32+/m1/s1. The smallest absolute Gasteiger partial charge is 0.305 e. The second-order valence-electron chi connectivity index (χ2n) is 16.1. The first-order valence-electron chi connectivity index (χ1n) is 15.5. The van der Waals surface area contributed by atoms with Gasteiger partial charge in [0.15, 0.2) is 5.79 Å². The average Bonchev–Trinajstić information content (AvgIpc) is 3.34. The third-order valence-corrected chi connectivity index (χ3v) is 13.6. The minimum atomic E-state index is -1.10. The summed E-state index contributed by atoms with van der Waals surface area (Å²) in [6.45, 7) is 14.5. The molecule has 4 saturated carbocycles. The van der Waals surface area contributed by atoms with Gasteiger partial charge in [-0.2, -0.15) is 0 Å². The lowest BCUT2D eigenvalue weighted by atomic mass is 9.43. The Kier molecular flexibility index (Phi) is 5.98. The van der Waals surface area contributed by atoms with E-state index in [1.165, 1.54) is 7.11 Å². The number of rotatable bonds is 6. The number of carbonyl (C=O) groups excluding carboxylic acids is 1. The van der Waals surface area contributed by atoms with E-state index in [-0.39, 0.29) is 46.1 Å². The molecule has 2 unspecified atom stereocenters. The van der Waals surface area contributed by atoms with E-state index < -0.39 is 34.6 Å². The number of ether oxygens (including phenoxy) is 3. The quantitative estimate of drug-likeness (QED) is 0.417. The lowest BCUT2D eigenvalue weighted by Gasteiger charge is -2.61. The summed E-state index contributed by atoms with van der Waals surface area (Å²) in [7, 11) is 1.44. The highest BCUT2D eigenvalue weighted by molar-refractivity contribution is 5.69. The summed E-state index contributed by atoms with van der Waals surface area (Å²) < 4.78 is 18.5. The van der Waals surface area contributed by atoms with Crippen molar-refractivity contribution in [1.29, 1.82) is 0 Å². The van der Waals surface area contributed by atoms with Gasteiger partial charge in [0.25, 0.3) is 0 Å². The van der Waals surface area contributed by atoms with Crippen LogP contribution in [0.3, 0.4) is 0 Å². The summed E-state index contributed by atoms with van der Waals surface area (Å²) in [6.07, 6.45) is 6.37. The van der Waals surface area contributed by atoms with Crippen molar-refractivity contribution in [2.24, 2.45) is 45.3 Å². The van der Waals surface area contributed by atoms with Crippen molar-refractivity contribution in [3.63, 3.8) is 0 Å². The first-order valence-corrected chi connectivity index (χ1v) is 15.5. The van der Waals surface area contributed by atoms with Crippen LogP contribution in [0, 0.1) is 45.3 Å². The van der Waals surface area contributed by atoms with E-state index in [1.54, 1.807) is 13.8 Å². The van der Waals surface area contributed by atoms with Gasteiger partial charge in [-0.05, 0) is 113 Å². The number of aliphatic hydroxyl groups is 3. The summed E-state index contributed by atoms with van der Waals surface area (Å²) in [4.78, 5) is 12.0. The van der Waals surface area contributed by atoms with Gasteiger partial charge in [0.1, 0.15) is 12.2 Å². The maximum Gasteiger partial charge on any atom is 0.305 e.